The fourth-order valence-electron chi connectivity index (χ4n) is 4.08. The Morgan fingerprint density at radius 1 is 1.12 bits per heavy atom. The number of hydrogen-bond acceptors (Lipinski definition) is 5. The zero-order valence-electron chi connectivity index (χ0n) is 17.7. The number of Topliss-reactive ketones (excluding diaryl/α,β-unsaturated/α-hetero) is 1. The number of methoxy groups -OCH3 is 1. The van der Waals surface area contributed by atoms with Gasteiger partial charge in [-0.1, -0.05) is 41.9 Å². The van der Waals surface area contributed by atoms with Crippen molar-refractivity contribution < 1.29 is 19.4 Å². The molecule has 1 amide bonds. The van der Waals surface area contributed by atoms with Crippen LogP contribution < -0.4 is 15.0 Å². The molecule has 0 aromatic heterocycles. The molecule has 3 aromatic carbocycles. The zero-order chi connectivity index (χ0) is 22.9. The lowest BCUT2D eigenvalue weighted by Crippen LogP contribution is -2.56. The van der Waals surface area contributed by atoms with Crippen molar-refractivity contribution in [1.29, 1.82) is 0 Å². The van der Waals surface area contributed by atoms with Crippen molar-refractivity contribution in [3.8, 4) is 5.75 Å². The second kappa shape index (κ2) is 8.65. The smallest absolute Gasteiger partial charge is 0.260 e. The summed E-state index contributed by atoms with van der Waals surface area (Å²) < 4.78 is 5.20. The molecule has 0 aliphatic carbocycles. The van der Waals surface area contributed by atoms with Crippen LogP contribution in [0.2, 0.25) is 5.02 Å². The summed E-state index contributed by atoms with van der Waals surface area (Å²) in [7, 11) is 1.56. The highest BCUT2D eigenvalue weighted by atomic mass is 35.5. The molecule has 1 heterocycles. The predicted molar refractivity (Wildman–Crippen MR) is 124 cm³/mol. The number of benzene rings is 3. The Hall–Kier alpha value is -3.35. The quantitative estimate of drug-likeness (QED) is 0.565. The van der Waals surface area contributed by atoms with Gasteiger partial charge in [-0.2, -0.15) is 0 Å². The number of nitrogens with zero attached hydrogens (tertiary/aromatic N) is 1. The van der Waals surface area contributed by atoms with Gasteiger partial charge in [0.1, 0.15) is 11.9 Å². The first-order chi connectivity index (χ1) is 15.4. The summed E-state index contributed by atoms with van der Waals surface area (Å²) in [5.41, 5.74) is 0.773. The SMILES string of the molecule is COc1ccc(N[C@@]2([C@@H](O)C(C)=O)C(=O)N(Cc3ccccc3)c3ccc(Cl)cc32)cc1. The highest BCUT2D eigenvalue weighted by Crippen LogP contribution is 2.46. The molecule has 32 heavy (non-hydrogen) atoms. The number of amides is 1. The number of hydrogen-bond donors (Lipinski definition) is 2. The number of ether oxygens (including phenoxy) is 1. The van der Waals surface area contributed by atoms with Crippen LogP contribution in [0.15, 0.2) is 72.8 Å². The van der Waals surface area contributed by atoms with Crippen LogP contribution in [0.1, 0.15) is 18.1 Å². The number of fused-ring (bicyclic) bond motifs is 1. The monoisotopic (exact) mass is 450 g/mol. The summed E-state index contributed by atoms with van der Waals surface area (Å²) in [6.07, 6.45) is -1.63. The topological polar surface area (TPSA) is 78.9 Å². The second-order valence-electron chi connectivity index (χ2n) is 7.71. The number of aliphatic hydroxyl groups is 1. The Kier molecular flexibility index (Phi) is 5.91. The van der Waals surface area contributed by atoms with Gasteiger partial charge in [-0.3, -0.25) is 9.59 Å². The van der Waals surface area contributed by atoms with Crippen LogP contribution in [0.4, 0.5) is 11.4 Å². The standard InChI is InChI=1S/C25H23ClN2O4/c1-16(29)23(30)25(27-19-9-11-20(32-2)12-10-19)21-14-18(26)8-13-22(21)28(24(25)31)15-17-6-4-3-5-7-17/h3-14,23,27,30H,15H2,1-2H3/t23-,25-/m0/s1. The average Bonchev–Trinajstić information content (AvgIpc) is 3.02. The first kappa shape index (κ1) is 21.9. The summed E-state index contributed by atoms with van der Waals surface area (Å²) in [5.74, 6) is -0.326. The van der Waals surface area contributed by atoms with E-state index in [0.29, 0.717) is 27.7 Å². The molecule has 0 unspecified atom stereocenters. The van der Waals surface area contributed by atoms with Gasteiger partial charge in [0.15, 0.2) is 11.3 Å². The molecular formula is C25H23ClN2O4. The summed E-state index contributed by atoms with van der Waals surface area (Å²) >= 11 is 6.29. The van der Waals surface area contributed by atoms with E-state index in [-0.39, 0.29) is 6.54 Å². The Morgan fingerprint density at radius 2 is 1.81 bits per heavy atom. The number of nitrogens with one attached hydrogen (secondary N) is 1. The van der Waals surface area contributed by atoms with Gasteiger partial charge >= 0.3 is 0 Å². The average molecular weight is 451 g/mol. The molecule has 164 valence electrons. The van der Waals surface area contributed by atoms with Crippen molar-refractivity contribution in [2.24, 2.45) is 0 Å². The minimum absolute atomic E-state index is 0.283. The minimum Gasteiger partial charge on any atom is -0.497 e. The van der Waals surface area contributed by atoms with Crippen molar-refractivity contribution in [1.82, 2.24) is 0 Å². The maximum Gasteiger partial charge on any atom is 0.260 e. The molecule has 1 aliphatic heterocycles. The molecule has 0 saturated carbocycles. The van der Waals surface area contributed by atoms with Gasteiger partial charge in [0.2, 0.25) is 0 Å². The summed E-state index contributed by atoms with van der Waals surface area (Å²) in [4.78, 5) is 27.9. The number of halogens is 1. The van der Waals surface area contributed by atoms with Crippen LogP contribution in [0.25, 0.3) is 0 Å². The van der Waals surface area contributed by atoms with E-state index < -0.39 is 23.3 Å². The van der Waals surface area contributed by atoms with E-state index in [1.165, 1.54) is 6.92 Å². The normalized spacial score (nSPS) is 18.2. The highest BCUT2D eigenvalue weighted by Gasteiger charge is 2.57. The van der Waals surface area contributed by atoms with Gasteiger partial charge in [0.05, 0.1) is 19.3 Å². The number of carbonyl (C=O) groups is 2. The molecule has 0 bridgehead atoms. The highest BCUT2D eigenvalue weighted by molar-refractivity contribution is 6.31. The lowest BCUT2D eigenvalue weighted by molar-refractivity contribution is -0.136. The Balaban J connectivity index is 1.86. The summed E-state index contributed by atoms with van der Waals surface area (Å²) in [6.45, 7) is 1.55. The van der Waals surface area contributed by atoms with E-state index in [2.05, 4.69) is 5.32 Å². The van der Waals surface area contributed by atoms with E-state index in [4.69, 9.17) is 16.3 Å². The lowest BCUT2D eigenvalue weighted by Gasteiger charge is -2.34. The predicted octanol–water partition coefficient (Wildman–Crippen LogP) is 4.15. The molecule has 1 aliphatic rings. The van der Waals surface area contributed by atoms with Gasteiger partial charge in [-0.05, 0) is 55.0 Å². The molecule has 0 radical (unpaired) electrons. The molecule has 4 rings (SSSR count). The van der Waals surface area contributed by atoms with Gasteiger partial charge in [0.25, 0.3) is 5.91 Å². The molecule has 6 nitrogen and oxygen atoms in total. The third-order valence-corrected chi connectivity index (χ3v) is 5.90. The van der Waals surface area contributed by atoms with Crippen LogP contribution in [-0.2, 0) is 21.7 Å². The Bertz CT molecular complexity index is 1150. The third-order valence-electron chi connectivity index (χ3n) is 5.67. The van der Waals surface area contributed by atoms with E-state index in [1.807, 2.05) is 30.3 Å². The van der Waals surface area contributed by atoms with E-state index in [0.717, 1.165) is 5.56 Å². The summed E-state index contributed by atoms with van der Waals surface area (Å²) in [5, 5.41) is 14.7. The van der Waals surface area contributed by atoms with Crippen LogP contribution in [0.3, 0.4) is 0 Å². The lowest BCUT2D eigenvalue weighted by atomic mass is 9.83. The Labute approximate surface area is 191 Å². The van der Waals surface area contributed by atoms with E-state index in [1.54, 1.807) is 54.5 Å². The molecule has 7 heteroatoms. The first-order valence-electron chi connectivity index (χ1n) is 10.1. The largest absolute Gasteiger partial charge is 0.497 e. The van der Waals surface area contributed by atoms with Crippen LogP contribution >= 0.6 is 11.6 Å². The molecule has 2 N–H and O–H groups in total. The molecule has 0 fully saturated rings. The number of ketones is 1. The van der Waals surface area contributed by atoms with Crippen molar-refractivity contribution in [3.63, 3.8) is 0 Å². The number of rotatable bonds is 7. The fraction of sp³-hybridized carbons (Fsp3) is 0.200. The number of aliphatic hydroxyl groups excluding tert-OH is 1. The maximum atomic E-state index is 14.0. The van der Waals surface area contributed by atoms with Crippen molar-refractivity contribution in [3.05, 3.63) is 88.9 Å². The van der Waals surface area contributed by atoms with Gasteiger partial charge in [0, 0.05) is 16.3 Å². The Morgan fingerprint density at radius 3 is 2.44 bits per heavy atom. The van der Waals surface area contributed by atoms with Gasteiger partial charge < -0.3 is 20.1 Å². The summed E-state index contributed by atoms with van der Waals surface area (Å²) in [6, 6.07) is 21.5. The zero-order valence-corrected chi connectivity index (χ0v) is 18.5. The van der Waals surface area contributed by atoms with Crippen molar-refractivity contribution in [2.45, 2.75) is 25.1 Å². The third kappa shape index (κ3) is 3.72. The van der Waals surface area contributed by atoms with E-state index >= 15 is 0 Å². The molecule has 0 saturated heterocycles. The molecule has 3 aromatic rings. The van der Waals surface area contributed by atoms with Gasteiger partial charge in [-0.15, -0.1) is 0 Å². The van der Waals surface area contributed by atoms with Gasteiger partial charge in [-0.25, -0.2) is 0 Å². The first-order valence-corrected chi connectivity index (χ1v) is 10.5. The van der Waals surface area contributed by atoms with Crippen molar-refractivity contribution >= 4 is 34.7 Å². The van der Waals surface area contributed by atoms with E-state index in [9.17, 15) is 14.7 Å². The minimum atomic E-state index is -1.73. The number of anilines is 2. The molecule has 2 atom stereocenters. The second-order valence-corrected chi connectivity index (χ2v) is 8.15. The molecular weight excluding hydrogens is 428 g/mol. The van der Waals surface area contributed by atoms with Crippen LogP contribution in [-0.4, -0.2) is 30.0 Å². The van der Waals surface area contributed by atoms with Crippen LogP contribution in [0.5, 0.6) is 5.75 Å². The van der Waals surface area contributed by atoms with Crippen LogP contribution in [0, 0.1) is 0 Å². The number of carbonyl (C=O) groups excluding carboxylic acids is 2. The molecule has 0 spiro atoms. The maximum absolute atomic E-state index is 14.0. The fourth-order valence-corrected chi connectivity index (χ4v) is 4.25. The van der Waals surface area contributed by atoms with Crippen molar-refractivity contribution in [2.75, 3.05) is 17.3 Å².